The van der Waals surface area contributed by atoms with Gasteiger partial charge in [-0.05, 0) is 42.1 Å². The number of hydrogen-bond donors (Lipinski definition) is 1. The van der Waals surface area contributed by atoms with Crippen LogP contribution < -0.4 is 10.5 Å². The number of methoxy groups -OCH3 is 1. The summed E-state index contributed by atoms with van der Waals surface area (Å²) < 4.78 is 10.8. The summed E-state index contributed by atoms with van der Waals surface area (Å²) in [6, 6.07) is 12.7. The third kappa shape index (κ3) is 2.64. The summed E-state index contributed by atoms with van der Waals surface area (Å²) in [6.45, 7) is 0. The molecule has 2 aromatic carbocycles. The van der Waals surface area contributed by atoms with Crippen LogP contribution in [-0.2, 0) is 0 Å². The average Bonchev–Trinajstić information content (AvgIpc) is 2.88. The Hall–Kier alpha value is -2.65. The van der Waals surface area contributed by atoms with Crippen LogP contribution in [0.2, 0.25) is 0 Å². The smallest absolute Gasteiger partial charge is 0.261 e. The average molecular weight is 297 g/mol. The summed E-state index contributed by atoms with van der Waals surface area (Å²) in [4.78, 5) is 5.10. The van der Waals surface area contributed by atoms with Gasteiger partial charge in [0.1, 0.15) is 17.3 Å². The standard InChI is InChI=1S/C15H11N3O2S/c1-19-11-4-2-9(8-16)14(7-11)21-15-18-12-5-3-10(17)6-13(12)20-15/h2-7H,17H2,1H3. The Kier molecular flexibility index (Phi) is 3.42. The second-order valence-electron chi connectivity index (χ2n) is 4.28. The highest BCUT2D eigenvalue weighted by Crippen LogP contribution is 2.34. The summed E-state index contributed by atoms with van der Waals surface area (Å²) in [5.74, 6) is 0.678. The molecule has 5 nitrogen and oxygen atoms in total. The quantitative estimate of drug-likeness (QED) is 0.745. The maximum Gasteiger partial charge on any atom is 0.261 e. The number of aromatic nitrogens is 1. The van der Waals surface area contributed by atoms with Gasteiger partial charge in [-0.3, -0.25) is 0 Å². The fourth-order valence-electron chi connectivity index (χ4n) is 1.86. The molecule has 0 fully saturated rings. The molecule has 2 N–H and O–H groups in total. The zero-order valence-electron chi connectivity index (χ0n) is 11.2. The maximum absolute atomic E-state index is 9.16. The summed E-state index contributed by atoms with van der Waals surface area (Å²) in [7, 11) is 1.58. The van der Waals surface area contributed by atoms with Crippen molar-refractivity contribution in [3.63, 3.8) is 0 Å². The van der Waals surface area contributed by atoms with Crippen molar-refractivity contribution < 1.29 is 9.15 Å². The van der Waals surface area contributed by atoms with Gasteiger partial charge in [0.25, 0.3) is 5.22 Å². The van der Waals surface area contributed by atoms with Crippen molar-refractivity contribution in [3.05, 3.63) is 42.0 Å². The highest BCUT2D eigenvalue weighted by molar-refractivity contribution is 7.99. The van der Waals surface area contributed by atoms with Crippen LogP contribution in [0.25, 0.3) is 11.1 Å². The molecule has 104 valence electrons. The van der Waals surface area contributed by atoms with E-state index in [-0.39, 0.29) is 0 Å². The third-order valence-corrected chi connectivity index (χ3v) is 3.81. The van der Waals surface area contributed by atoms with Gasteiger partial charge in [0.2, 0.25) is 0 Å². The first-order chi connectivity index (χ1) is 10.2. The number of benzene rings is 2. The Morgan fingerprint density at radius 2 is 2.14 bits per heavy atom. The predicted molar refractivity (Wildman–Crippen MR) is 80.3 cm³/mol. The number of oxazole rings is 1. The first kappa shape index (κ1) is 13.3. The molecule has 0 aliphatic carbocycles. The van der Waals surface area contributed by atoms with Crippen LogP contribution in [0.3, 0.4) is 0 Å². The number of nitrogens with zero attached hydrogens (tertiary/aromatic N) is 2. The third-order valence-electron chi connectivity index (χ3n) is 2.90. The Bertz CT molecular complexity index is 852. The number of anilines is 1. The normalized spacial score (nSPS) is 10.5. The monoisotopic (exact) mass is 297 g/mol. The number of fused-ring (bicyclic) bond motifs is 1. The maximum atomic E-state index is 9.16. The first-order valence-corrected chi connectivity index (χ1v) is 6.93. The number of nitriles is 1. The molecule has 0 radical (unpaired) electrons. The van der Waals surface area contributed by atoms with Gasteiger partial charge in [0.05, 0.1) is 12.7 Å². The molecule has 0 aliphatic heterocycles. The highest BCUT2D eigenvalue weighted by atomic mass is 32.2. The van der Waals surface area contributed by atoms with E-state index >= 15 is 0 Å². The number of ether oxygens (including phenoxy) is 1. The lowest BCUT2D eigenvalue weighted by atomic mass is 10.2. The van der Waals surface area contributed by atoms with Crippen LogP contribution in [0.15, 0.2) is 50.9 Å². The van der Waals surface area contributed by atoms with Gasteiger partial charge < -0.3 is 14.9 Å². The summed E-state index contributed by atoms with van der Waals surface area (Å²) in [6.07, 6.45) is 0. The summed E-state index contributed by atoms with van der Waals surface area (Å²) >= 11 is 1.28. The van der Waals surface area contributed by atoms with Gasteiger partial charge in [-0.15, -0.1) is 0 Å². The van der Waals surface area contributed by atoms with E-state index in [1.807, 2.05) is 0 Å². The Balaban J connectivity index is 2.00. The molecule has 0 saturated carbocycles. The molecule has 0 spiro atoms. The predicted octanol–water partition coefficient (Wildman–Crippen LogP) is 3.44. The number of nitrogens with two attached hydrogens (primary N) is 1. The molecule has 0 unspecified atom stereocenters. The number of rotatable bonds is 3. The van der Waals surface area contributed by atoms with E-state index < -0.39 is 0 Å². The molecular weight excluding hydrogens is 286 g/mol. The Morgan fingerprint density at radius 3 is 2.90 bits per heavy atom. The molecule has 3 rings (SSSR count). The largest absolute Gasteiger partial charge is 0.497 e. The second-order valence-corrected chi connectivity index (χ2v) is 5.28. The molecule has 0 bridgehead atoms. The molecule has 1 heterocycles. The zero-order chi connectivity index (χ0) is 14.8. The lowest BCUT2D eigenvalue weighted by Crippen LogP contribution is -1.86. The Labute approximate surface area is 125 Å². The van der Waals surface area contributed by atoms with Gasteiger partial charge in [-0.1, -0.05) is 0 Å². The van der Waals surface area contributed by atoms with E-state index in [2.05, 4.69) is 11.1 Å². The highest BCUT2D eigenvalue weighted by Gasteiger charge is 2.12. The molecule has 3 aromatic rings. The van der Waals surface area contributed by atoms with Crippen molar-refractivity contribution in [2.45, 2.75) is 10.1 Å². The lowest BCUT2D eigenvalue weighted by Gasteiger charge is -2.04. The van der Waals surface area contributed by atoms with E-state index in [0.717, 1.165) is 10.4 Å². The molecule has 0 aliphatic rings. The van der Waals surface area contributed by atoms with E-state index in [1.165, 1.54) is 11.8 Å². The van der Waals surface area contributed by atoms with Gasteiger partial charge in [-0.2, -0.15) is 5.26 Å². The molecule has 0 amide bonds. The second kappa shape index (κ2) is 5.38. The van der Waals surface area contributed by atoms with Gasteiger partial charge >= 0.3 is 0 Å². The van der Waals surface area contributed by atoms with Crippen molar-refractivity contribution in [2.75, 3.05) is 12.8 Å². The zero-order valence-corrected chi connectivity index (χ0v) is 12.0. The van der Waals surface area contributed by atoms with Crippen molar-refractivity contribution in [2.24, 2.45) is 0 Å². The fourth-order valence-corrected chi connectivity index (χ4v) is 2.73. The topological polar surface area (TPSA) is 85.1 Å². The summed E-state index contributed by atoms with van der Waals surface area (Å²) in [5.41, 5.74) is 8.23. The van der Waals surface area contributed by atoms with Crippen LogP contribution >= 0.6 is 11.8 Å². The van der Waals surface area contributed by atoms with Gasteiger partial charge in [-0.25, -0.2) is 4.98 Å². The summed E-state index contributed by atoms with van der Waals surface area (Å²) in [5, 5.41) is 9.62. The minimum Gasteiger partial charge on any atom is -0.497 e. The SMILES string of the molecule is COc1ccc(C#N)c(Sc2nc3ccc(N)cc3o2)c1. The minimum atomic E-state index is 0.459. The molecule has 0 atom stereocenters. The van der Waals surface area contributed by atoms with Crippen molar-refractivity contribution in [1.29, 1.82) is 5.26 Å². The minimum absolute atomic E-state index is 0.459. The Morgan fingerprint density at radius 1 is 1.29 bits per heavy atom. The van der Waals surface area contributed by atoms with Crippen LogP contribution in [-0.4, -0.2) is 12.1 Å². The molecule has 21 heavy (non-hydrogen) atoms. The van der Waals surface area contributed by atoms with E-state index in [9.17, 15) is 0 Å². The van der Waals surface area contributed by atoms with Crippen molar-refractivity contribution in [1.82, 2.24) is 4.98 Å². The van der Waals surface area contributed by atoms with Gasteiger partial charge in [0.15, 0.2) is 5.58 Å². The van der Waals surface area contributed by atoms with Crippen molar-refractivity contribution in [3.8, 4) is 11.8 Å². The molecular formula is C15H11N3O2S. The number of hydrogen-bond acceptors (Lipinski definition) is 6. The lowest BCUT2D eigenvalue weighted by molar-refractivity contribution is 0.413. The number of nitrogen functional groups attached to an aromatic ring is 1. The van der Waals surface area contributed by atoms with Crippen LogP contribution in [0.4, 0.5) is 5.69 Å². The van der Waals surface area contributed by atoms with Crippen LogP contribution in [0.1, 0.15) is 5.56 Å². The van der Waals surface area contributed by atoms with E-state index in [0.29, 0.717) is 27.8 Å². The fraction of sp³-hybridized carbons (Fsp3) is 0.0667. The van der Waals surface area contributed by atoms with Gasteiger partial charge in [0, 0.05) is 16.6 Å². The van der Waals surface area contributed by atoms with E-state index in [4.69, 9.17) is 20.1 Å². The molecule has 6 heteroatoms. The molecule has 0 saturated heterocycles. The first-order valence-electron chi connectivity index (χ1n) is 6.11. The molecule has 1 aromatic heterocycles. The van der Waals surface area contributed by atoms with Crippen LogP contribution in [0, 0.1) is 11.3 Å². The van der Waals surface area contributed by atoms with Crippen LogP contribution in [0.5, 0.6) is 5.75 Å². The van der Waals surface area contributed by atoms with E-state index in [1.54, 1.807) is 43.5 Å². The van der Waals surface area contributed by atoms with Crippen molar-refractivity contribution >= 4 is 28.5 Å².